The van der Waals surface area contributed by atoms with E-state index in [9.17, 15) is 0 Å². The molecule has 0 fully saturated rings. The van der Waals surface area contributed by atoms with Crippen molar-refractivity contribution >= 4 is 10.9 Å². The van der Waals surface area contributed by atoms with Crippen molar-refractivity contribution < 1.29 is 0 Å². The Morgan fingerprint density at radius 2 is 0.911 bits per heavy atom. The van der Waals surface area contributed by atoms with Crippen LogP contribution in [0.25, 0.3) is 72.7 Å². The highest BCUT2D eigenvalue weighted by Gasteiger charge is 2.15. The molecule has 0 amide bonds. The summed E-state index contributed by atoms with van der Waals surface area (Å²) in [5, 5.41) is 1.21. The van der Waals surface area contributed by atoms with Crippen molar-refractivity contribution in [3.8, 4) is 61.8 Å². The lowest BCUT2D eigenvalue weighted by atomic mass is 9.99. The molecule has 0 bridgehead atoms. The van der Waals surface area contributed by atoms with Gasteiger partial charge in [0.2, 0.25) is 0 Å². The summed E-state index contributed by atoms with van der Waals surface area (Å²) < 4.78 is 2.27. The molecule has 3 heteroatoms. The minimum atomic E-state index is 0.710. The largest absolute Gasteiger partial charge is 0.316 e. The number of fused-ring (bicyclic) bond motifs is 1. The van der Waals surface area contributed by atoms with Gasteiger partial charge < -0.3 is 4.57 Å². The van der Waals surface area contributed by atoms with Crippen molar-refractivity contribution in [3.63, 3.8) is 0 Å². The van der Waals surface area contributed by atoms with Gasteiger partial charge >= 0.3 is 0 Å². The number of hydrogen-bond donors (Lipinski definition) is 0. The SMILES string of the molecule is c1ccc(-c2ccc(-c3cc(-c4cccc(-c5cn(-c6ccccc6)c6ccccc56)c4)nc(-c4ccccc4)n3)cc2)cc1. The smallest absolute Gasteiger partial charge is 0.160 e. The molecule has 45 heavy (non-hydrogen) atoms. The number of hydrogen-bond acceptors (Lipinski definition) is 2. The van der Waals surface area contributed by atoms with Crippen LogP contribution in [0.5, 0.6) is 0 Å². The van der Waals surface area contributed by atoms with Gasteiger partial charge in [0.15, 0.2) is 5.82 Å². The lowest BCUT2D eigenvalue weighted by molar-refractivity contribution is 1.13. The molecule has 0 aliphatic rings. The fourth-order valence-electron chi connectivity index (χ4n) is 5.98. The maximum Gasteiger partial charge on any atom is 0.160 e. The summed E-state index contributed by atoms with van der Waals surface area (Å²) in [6.07, 6.45) is 2.24. The number of benzene rings is 6. The van der Waals surface area contributed by atoms with E-state index < -0.39 is 0 Å². The molecule has 0 radical (unpaired) electrons. The molecule has 2 heterocycles. The average molecular weight is 576 g/mol. The Morgan fingerprint density at radius 3 is 1.64 bits per heavy atom. The summed E-state index contributed by atoms with van der Waals surface area (Å²) in [7, 11) is 0. The van der Waals surface area contributed by atoms with Crippen LogP contribution in [-0.4, -0.2) is 14.5 Å². The summed E-state index contributed by atoms with van der Waals surface area (Å²) in [5.74, 6) is 0.710. The Hall–Kier alpha value is -6.06. The van der Waals surface area contributed by atoms with Crippen molar-refractivity contribution in [2.75, 3.05) is 0 Å². The number of aromatic nitrogens is 3. The van der Waals surface area contributed by atoms with Gasteiger partial charge in [0.05, 0.1) is 16.9 Å². The Balaban J connectivity index is 1.24. The van der Waals surface area contributed by atoms with Crippen LogP contribution in [0.3, 0.4) is 0 Å². The Kier molecular flexibility index (Phi) is 6.82. The van der Waals surface area contributed by atoms with E-state index >= 15 is 0 Å². The predicted octanol–water partition coefficient (Wildman–Crippen LogP) is 10.8. The molecule has 0 aliphatic heterocycles. The van der Waals surface area contributed by atoms with Crippen molar-refractivity contribution in [1.82, 2.24) is 14.5 Å². The lowest BCUT2D eigenvalue weighted by Gasteiger charge is -2.11. The van der Waals surface area contributed by atoms with Gasteiger partial charge in [-0.1, -0.05) is 140 Å². The van der Waals surface area contributed by atoms with E-state index in [0.717, 1.165) is 39.3 Å². The molecule has 0 spiro atoms. The zero-order chi connectivity index (χ0) is 30.0. The van der Waals surface area contributed by atoms with Gasteiger partial charge in [0, 0.05) is 39.5 Å². The van der Waals surface area contributed by atoms with Gasteiger partial charge in [-0.3, -0.25) is 0 Å². The highest BCUT2D eigenvalue weighted by Crippen LogP contribution is 2.35. The second-order valence-electron chi connectivity index (χ2n) is 11.1. The molecule has 3 nitrogen and oxygen atoms in total. The van der Waals surface area contributed by atoms with E-state index in [0.29, 0.717) is 5.82 Å². The number of nitrogens with zero attached hydrogens (tertiary/aromatic N) is 3. The van der Waals surface area contributed by atoms with E-state index in [1.807, 2.05) is 24.3 Å². The molecule has 0 saturated heterocycles. The first-order valence-electron chi connectivity index (χ1n) is 15.2. The van der Waals surface area contributed by atoms with E-state index in [4.69, 9.17) is 9.97 Å². The maximum absolute atomic E-state index is 5.10. The van der Waals surface area contributed by atoms with Gasteiger partial charge in [0.1, 0.15) is 0 Å². The summed E-state index contributed by atoms with van der Waals surface area (Å²) in [6.45, 7) is 0. The van der Waals surface area contributed by atoms with E-state index in [1.165, 1.54) is 27.6 Å². The van der Waals surface area contributed by atoms with Crippen molar-refractivity contribution in [3.05, 3.63) is 176 Å². The molecule has 8 aromatic rings. The van der Waals surface area contributed by atoms with Crippen LogP contribution in [0.15, 0.2) is 176 Å². The standard InChI is InChI=1S/C42H29N3/c1-4-13-30(14-5-1)31-23-25-32(26-24-31)39-28-40(44-42(43-39)33-15-6-2-7-16-33)35-18-12-17-34(27-35)38-29-45(36-19-8-3-9-20-36)41-22-11-10-21-37(38)41/h1-29H. The maximum atomic E-state index is 5.10. The zero-order valence-corrected chi connectivity index (χ0v) is 24.6. The number of rotatable bonds is 6. The minimum absolute atomic E-state index is 0.710. The first-order chi connectivity index (χ1) is 22.3. The Morgan fingerprint density at radius 1 is 0.378 bits per heavy atom. The summed E-state index contributed by atoms with van der Waals surface area (Å²) in [4.78, 5) is 10.1. The lowest BCUT2D eigenvalue weighted by Crippen LogP contribution is -1.96. The third-order valence-corrected chi connectivity index (χ3v) is 8.26. The predicted molar refractivity (Wildman–Crippen MR) is 186 cm³/mol. The Bertz CT molecular complexity index is 2230. The second kappa shape index (κ2) is 11.6. The molecule has 0 aliphatic carbocycles. The fourth-order valence-corrected chi connectivity index (χ4v) is 5.98. The van der Waals surface area contributed by atoms with Gasteiger partial charge in [-0.15, -0.1) is 0 Å². The van der Waals surface area contributed by atoms with Crippen LogP contribution in [0.4, 0.5) is 0 Å². The third kappa shape index (κ3) is 5.21. The first kappa shape index (κ1) is 26.6. The van der Waals surface area contributed by atoms with Gasteiger partial charge in [-0.05, 0) is 47.0 Å². The van der Waals surface area contributed by atoms with Gasteiger partial charge in [-0.25, -0.2) is 9.97 Å². The van der Waals surface area contributed by atoms with Crippen LogP contribution >= 0.6 is 0 Å². The van der Waals surface area contributed by atoms with E-state index in [-0.39, 0.29) is 0 Å². The number of para-hydroxylation sites is 2. The van der Waals surface area contributed by atoms with E-state index in [2.05, 4.69) is 156 Å². The van der Waals surface area contributed by atoms with Crippen LogP contribution in [0, 0.1) is 0 Å². The molecular formula is C42H29N3. The summed E-state index contributed by atoms with van der Waals surface area (Å²) in [5.41, 5.74) is 11.9. The van der Waals surface area contributed by atoms with Crippen LogP contribution < -0.4 is 0 Å². The van der Waals surface area contributed by atoms with E-state index in [1.54, 1.807) is 0 Å². The van der Waals surface area contributed by atoms with Crippen LogP contribution in [0.1, 0.15) is 0 Å². The highest BCUT2D eigenvalue weighted by molar-refractivity contribution is 5.97. The van der Waals surface area contributed by atoms with Gasteiger partial charge in [0.25, 0.3) is 0 Å². The third-order valence-electron chi connectivity index (χ3n) is 8.26. The normalized spacial score (nSPS) is 11.1. The molecule has 212 valence electrons. The molecule has 8 rings (SSSR count). The van der Waals surface area contributed by atoms with Crippen molar-refractivity contribution in [2.24, 2.45) is 0 Å². The molecule has 2 aromatic heterocycles. The average Bonchev–Trinajstić information content (AvgIpc) is 3.53. The highest BCUT2D eigenvalue weighted by atomic mass is 15.0. The zero-order valence-electron chi connectivity index (χ0n) is 24.6. The second-order valence-corrected chi connectivity index (χ2v) is 11.1. The molecule has 0 unspecified atom stereocenters. The molecule has 0 atom stereocenters. The van der Waals surface area contributed by atoms with Gasteiger partial charge in [-0.2, -0.15) is 0 Å². The first-order valence-corrected chi connectivity index (χ1v) is 15.2. The van der Waals surface area contributed by atoms with Crippen molar-refractivity contribution in [2.45, 2.75) is 0 Å². The van der Waals surface area contributed by atoms with Crippen LogP contribution in [-0.2, 0) is 0 Å². The minimum Gasteiger partial charge on any atom is -0.316 e. The topological polar surface area (TPSA) is 30.7 Å². The quantitative estimate of drug-likeness (QED) is 0.197. The fraction of sp³-hybridized carbons (Fsp3) is 0. The Labute approximate surface area is 262 Å². The molecule has 6 aromatic carbocycles. The summed E-state index contributed by atoms with van der Waals surface area (Å²) in [6, 6.07) is 59.2. The van der Waals surface area contributed by atoms with Crippen molar-refractivity contribution in [1.29, 1.82) is 0 Å². The monoisotopic (exact) mass is 575 g/mol. The molecule has 0 N–H and O–H groups in total. The molecule has 0 saturated carbocycles. The molecular weight excluding hydrogens is 546 g/mol. The summed E-state index contributed by atoms with van der Waals surface area (Å²) >= 11 is 0. The van der Waals surface area contributed by atoms with Crippen LogP contribution in [0.2, 0.25) is 0 Å².